The summed E-state index contributed by atoms with van der Waals surface area (Å²) in [7, 11) is -1.70. The number of ether oxygens (including phenoxy) is 1. The topological polar surface area (TPSA) is 101 Å². The lowest BCUT2D eigenvalue weighted by atomic mass is 9.83. The van der Waals surface area contributed by atoms with E-state index >= 15 is 0 Å². The first kappa shape index (κ1) is 24.3. The van der Waals surface area contributed by atoms with E-state index in [4.69, 9.17) is 4.74 Å². The van der Waals surface area contributed by atoms with Gasteiger partial charge in [0.25, 0.3) is 5.56 Å². The van der Waals surface area contributed by atoms with Crippen molar-refractivity contribution in [1.29, 1.82) is 0 Å². The maximum atomic E-state index is 12.6. The van der Waals surface area contributed by atoms with Gasteiger partial charge in [-0.15, -0.1) is 0 Å². The van der Waals surface area contributed by atoms with E-state index in [9.17, 15) is 13.2 Å². The average Bonchev–Trinajstić information content (AvgIpc) is 2.71. The molecule has 0 aliphatic heterocycles. The van der Waals surface area contributed by atoms with Gasteiger partial charge in [-0.05, 0) is 47.7 Å². The number of rotatable bonds is 6. The number of hydrogen-bond acceptors (Lipinski definition) is 5. The lowest BCUT2D eigenvalue weighted by Crippen LogP contribution is -2.15. The van der Waals surface area contributed by atoms with Gasteiger partial charge >= 0.3 is 0 Å². The Hall–Kier alpha value is -3.39. The highest BCUT2D eigenvalue weighted by molar-refractivity contribution is 7.92. The number of benzene rings is 2. The van der Waals surface area contributed by atoms with Gasteiger partial charge in [-0.2, -0.15) is 0 Å². The summed E-state index contributed by atoms with van der Waals surface area (Å²) < 4.78 is 31.0. The van der Waals surface area contributed by atoms with Crippen LogP contribution in [0.1, 0.15) is 43.3 Å². The molecule has 2 aromatic carbocycles. The fraction of sp³-hybridized carbons (Fsp3) is 0.280. The third kappa shape index (κ3) is 6.10. The van der Waals surface area contributed by atoms with Crippen molar-refractivity contribution < 1.29 is 13.2 Å². The van der Waals surface area contributed by atoms with E-state index in [0.29, 0.717) is 17.1 Å². The zero-order valence-corrected chi connectivity index (χ0v) is 20.5. The first-order chi connectivity index (χ1) is 15.4. The Kier molecular flexibility index (Phi) is 6.78. The van der Waals surface area contributed by atoms with Crippen LogP contribution in [0, 0.1) is 6.92 Å². The number of hydrogen-bond donors (Lipinski definition) is 2. The molecule has 0 aliphatic carbocycles. The van der Waals surface area contributed by atoms with Gasteiger partial charge in [-0.3, -0.25) is 9.52 Å². The van der Waals surface area contributed by atoms with E-state index in [1.54, 1.807) is 32.4 Å². The Morgan fingerprint density at radius 1 is 1.09 bits per heavy atom. The zero-order chi connectivity index (χ0) is 24.4. The van der Waals surface area contributed by atoms with Crippen molar-refractivity contribution in [3.8, 4) is 16.9 Å². The number of anilines is 1. The largest absolute Gasteiger partial charge is 0.496 e. The summed E-state index contributed by atoms with van der Waals surface area (Å²) in [6.45, 7) is 8.01. The predicted molar refractivity (Wildman–Crippen MR) is 134 cm³/mol. The maximum Gasteiger partial charge on any atom is 0.258 e. The molecule has 0 saturated carbocycles. The van der Waals surface area contributed by atoms with Gasteiger partial charge in [0.2, 0.25) is 10.0 Å². The van der Waals surface area contributed by atoms with Crippen molar-refractivity contribution >= 4 is 27.9 Å². The molecule has 174 valence electrons. The van der Waals surface area contributed by atoms with Crippen LogP contribution in [-0.2, 0) is 15.4 Å². The van der Waals surface area contributed by atoms with Gasteiger partial charge < -0.3 is 9.72 Å². The lowest BCUT2D eigenvalue weighted by Gasteiger charge is -2.24. The molecule has 0 radical (unpaired) electrons. The molecule has 0 saturated heterocycles. The zero-order valence-electron chi connectivity index (χ0n) is 19.7. The number of nitrogens with zero attached hydrogens (tertiary/aromatic N) is 1. The number of H-pyrrole nitrogens is 1. The van der Waals surface area contributed by atoms with Crippen molar-refractivity contribution in [2.24, 2.45) is 0 Å². The average molecular weight is 468 g/mol. The quantitative estimate of drug-likeness (QED) is 0.516. The number of aromatic amines is 1. The van der Waals surface area contributed by atoms with Gasteiger partial charge in [-0.25, -0.2) is 13.4 Å². The summed E-state index contributed by atoms with van der Waals surface area (Å²) >= 11 is 0. The van der Waals surface area contributed by atoms with E-state index in [1.807, 2.05) is 36.4 Å². The highest BCUT2D eigenvalue weighted by atomic mass is 32.2. The minimum atomic E-state index is -3.33. The highest BCUT2D eigenvalue weighted by Gasteiger charge is 2.23. The van der Waals surface area contributed by atoms with Crippen LogP contribution < -0.4 is 15.0 Å². The number of aromatic nitrogens is 2. The molecule has 8 heteroatoms. The minimum absolute atomic E-state index is 0.198. The van der Waals surface area contributed by atoms with Gasteiger partial charge in [0.1, 0.15) is 11.6 Å². The van der Waals surface area contributed by atoms with Crippen LogP contribution in [0.2, 0.25) is 0 Å². The molecule has 7 nitrogen and oxygen atoms in total. The molecular weight excluding hydrogens is 438 g/mol. The molecule has 0 fully saturated rings. The van der Waals surface area contributed by atoms with Gasteiger partial charge in [-0.1, -0.05) is 45.1 Å². The van der Waals surface area contributed by atoms with Crippen LogP contribution in [0.25, 0.3) is 23.3 Å². The van der Waals surface area contributed by atoms with Crippen LogP contribution >= 0.6 is 0 Å². The van der Waals surface area contributed by atoms with Crippen LogP contribution in [0.15, 0.2) is 47.4 Å². The first-order valence-electron chi connectivity index (χ1n) is 10.4. The second kappa shape index (κ2) is 9.23. The summed E-state index contributed by atoms with van der Waals surface area (Å²) in [6.07, 6.45) is 6.53. The molecule has 1 heterocycles. The van der Waals surface area contributed by atoms with E-state index in [2.05, 4.69) is 35.5 Å². The summed E-state index contributed by atoms with van der Waals surface area (Å²) in [5, 5.41) is 0. The van der Waals surface area contributed by atoms with Crippen molar-refractivity contribution in [3.05, 3.63) is 75.5 Å². The van der Waals surface area contributed by atoms with E-state index < -0.39 is 10.0 Å². The molecule has 0 unspecified atom stereocenters. The van der Waals surface area contributed by atoms with Gasteiger partial charge in [0.05, 0.1) is 18.9 Å². The van der Waals surface area contributed by atoms with Crippen LogP contribution in [0.3, 0.4) is 0 Å². The Balaban J connectivity index is 2.09. The van der Waals surface area contributed by atoms with Crippen LogP contribution in [0.4, 0.5) is 5.69 Å². The molecule has 3 aromatic rings. The lowest BCUT2D eigenvalue weighted by molar-refractivity contribution is 0.397. The number of methoxy groups -OCH3 is 1. The fourth-order valence-corrected chi connectivity index (χ4v) is 4.03. The van der Waals surface area contributed by atoms with Crippen molar-refractivity contribution in [3.63, 3.8) is 0 Å². The summed E-state index contributed by atoms with van der Waals surface area (Å²) in [5.74, 6) is 1.29. The second-order valence-electron chi connectivity index (χ2n) is 8.94. The van der Waals surface area contributed by atoms with Crippen LogP contribution in [0.5, 0.6) is 5.75 Å². The van der Waals surface area contributed by atoms with Crippen LogP contribution in [-0.4, -0.2) is 31.8 Å². The molecule has 0 aliphatic rings. The van der Waals surface area contributed by atoms with Crippen molar-refractivity contribution in [2.45, 2.75) is 33.1 Å². The third-order valence-corrected chi connectivity index (χ3v) is 5.64. The Morgan fingerprint density at radius 3 is 2.30 bits per heavy atom. The Bertz CT molecular complexity index is 1350. The summed E-state index contributed by atoms with van der Waals surface area (Å²) in [4.78, 5) is 19.6. The number of sulfonamides is 1. The second-order valence-corrected chi connectivity index (χ2v) is 10.7. The minimum Gasteiger partial charge on any atom is -0.496 e. The first-order valence-corrected chi connectivity index (χ1v) is 12.3. The highest BCUT2D eigenvalue weighted by Crippen LogP contribution is 2.38. The SMILES string of the molecule is COc1c(/C=C/c2ccc(NS(C)(=O)=O)cc2)cc(-c2cnc(C)[nH]c2=O)cc1C(C)(C)C. The third-order valence-electron chi connectivity index (χ3n) is 5.04. The molecule has 0 amide bonds. The van der Waals surface area contributed by atoms with Gasteiger partial charge in [0.15, 0.2) is 0 Å². The van der Waals surface area contributed by atoms with Crippen molar-refractivity contribution in [2.75, 3.05) is 18.1 Å². The maximum absolute atomic E-state index is 12.6. The number of aryl methyl sites for hydroxylation is 1. The molecular formula is C25H29N3O4S. The smallest absolute Gasteiger partial charge is 0.258 e. The monoisotopic (exact) mass is 467 g/mol. The van der Waals surface area contributed by atoms with E-state index in [-0.39, 0.29) is 11.0 Å². The molecule has 3 rings (SSSR count). The van der Waals surface area contributed by atoms with E-state index in [1.165, 1.54) is 0 Å². The molecule has 0 spiro atoms. The Labute approximate surface area is 194 Å². The van der Waals surface area contributed by atoms with Crippen molar-refractivity contribution in [1.82, 2.24) is 9.97 Å². The van der Waals surface area contributed by atoms with E-state index in [0.717, 1.165) is 34.3 Å². The molecule has 33 heavy (non-hydrogen) atoms. The summed E-state index contributed by atoms with van der Waals surface area (Å²) in [5.41, 5.74) is 3.98. The standard InChI is InChI=1S/C25H29N3O4S/c1-16-26-15-21(24(29)27-16)19-13-18(23(32-5)22(14-19)25(2,3)4)10-7-17-8-11-20(12-9-17)28-33(6,30)31/h7-15,28H,1-6H3,(H,26,27,29)/b10-7+. The molecule has 2 N–H and O–H groups in total. The number of nitrogens with one attached hydrogen (secondary N) is 2. The molecule has 0 bridgehead atoms. The Morgan fingerprint density at radius 2 is 1.76 bits per heavy atom. The summed E-state index contributed by atoms with van der Waals surface area (Å²) in [6, 6.07) is 10.9. The fourth-order valence-electron chi connectivity index (χ4n) is 3.47. The molecule has 0 atom stereocenters. The van der Waals surface area contributed by atoms with Gasteiger partial charge in [0, 0.05) is 23.0 Å². The normalized spacial score (nSPS) is 12.2. The molecule has 1 aromatic heterocycles. The predicted octanol–water partition coefficient (Wildman–Crippen LogP) is 4.59.